The molecule has 0 aromatic heterocycles. The van der Waals surface area contributed by atoms with Crippen molar-refractivity contribution in [3.63, 3.8) is 0 Å². The molecule has 2 atom stereocenters. The normalized spacial score (nSPS) is 13.5. The van der Waals surface area contributed by atoms with Crippen LogP contribution in [0.3, 0.4) is 0 Å². The second kappa shape index (κ2) is 22.4. The maximum atomic E-state index is 11.9. The lowest BCUT2D eigenvalue weighted by atomic mass is 10.1. The van der Waals surface area contributed by atoms with E-state index in [-0.39, 0.29) is 12.1 Å². The summed E-state index contributed by atoms with van der Waals surface area (Å²) >= 11 is 0. The largest absolute Gasteiger partial charge is 0.461 e. The van der Waals surface area contributed by atoms with Gasteiger partial charge in [-0.1, -0.05) is 13.8 Å². The SMILES string of the molecule is COCCOCCOCCOCCOCCOCCOC(C)C(=O)OC(C)CC(C)C. The zero-order valence-electron chi connectivity index (χ0n) is 20.1. The van der Waals surface area contributed by atoms with Crippen molar-refractivity contribution in [1.29, 1.82) is 0 Å². The van der Waals surface area contributed by atoms with Gasteiger partial charge in [-0.05, 0) is 26.2 Å². The number of hydrogen-bond acceptors (Lipinski definition) is 9. The Labute approximate surface area is 187 Å². The van der Waals surface area contributed by atoms with Crippen molar-refractivity contribution in [2.75, 3.05) is 86.4 Å². The zero-order valence-corrected chi connectivity index (χ0v) is 20.1. The van der Waals surface area contributed by atoms with E-state index < -0.39 is 6.10 Å². The van der Waals surface area contributed by atoms with Crippen LogP contribution >= 0.6 is 0 Å². The minimum atomic E-state index is -0.598. The standard InChI is InChI=1S/C22H44O9/c1-19(2)18-20(3)31-22(23)21(4)30-17-16-29-15-14-28-13-12-27-11-10-26-9-8-25-7-6-24-5/h19-21H,6-18H2,1-5H3. The molecule has 9 heteroatoms. The molecule has 0 saturated heterocycles. The molecule has 0 fully saturated rings. The van der Waals surface area contributed by atoms with Gasteiger partial charge < -0.3 is 37.9 Å². The summed E-state index contributed by atoms with van der Waals surface area (Å²) < 4.78 is 42.6. The van der Waals surface area contributed by atoms with E-state index >= 15 is 0 Å². The molecule has 0 radical (unpaired) electrons. The molecule has 0 amide bonds. The molecular weight excluding hydrogens is 408 g/mol. The second-order valence-electron chi connectivity index (χ2n) is 7.44. The molecule has 2 unspecified atom stereocenters. The minimum Gasteiger partial charge on any atom is -0.461 e. The maximum Gasteiger partial charge on any atom is 0.335 e. The van der Waals surface area contributed by atoms with Gasteiger partial charge in [0.25, 0.3) is 0 Å². The number of ether oxygens (including phenoxy) is 8. The van der Waals surface area contributed by atoms with E-state index in [9.17, 15) is 4.79 Å². The fourth-order valence-corrected chi connectivity index (χ4v) is 2.48. The molecule has 0 aromatic carbocycles. The van der Waals surface area contributed by atoms with E-state index in [0.29, 0.717) is 85.2 Å². The van der Waals surface area contributed by atoms with Gasteiger partial charge in [-0.25, -0.2) is 4.79 Å². The van der Waals surface area contributed by atoms with Crippen molar-refractivity contribution in [1.82, 2.24) is 0 Å². The van der Waals surface area contributed by atoms with Crippen molar-refractivity contribution in [3.05, 3.63) is 0 Å². The fourth-order valence-electron chi connectivity index (χ4n) is 2.48. The van der Waals surface area contributed by atoms with E-state index in [0.717, 1.165) is 6.42 Å². The first-order valence-electron chi connectivity index (χ1n) is 11.2. The van der Waals surface area contributed by atoms with Crippen LogP contribution in [-0.4, -0.2) is 105 Å². The Morgan fingerprint density at radius 2 is 1.00 bits per heavy atom. The van der Waals surface area contributed by atoms with Crippen LogP contribution in [0.25, 0.3) is 0 Å². The Morgan fingerprint density at radius 1 is 0.613 bits per heavy atom. The molecule has 0 aliphatic carbocycles. The van der Waals surface area contributed by atoms with Crippen LogP contribution in [0.5, 0.6) is 0 Å². The highest BCUT2D eigenvalue weighted by atomic mass is 16.6. The number of methoxy groups -OCH3 is 1. The second-order valence-corrected chi connectivity index (χ2v) is 7.44. The number of hydrogen-bond donors (Lipinski definition) is 0. The molecule has 31 heavy (non-hydrogen) atoms. The Kier molecular flexibility index (Phi) is 21.8. The summed E-state index contributed by atoms with van der Waals surface area (Å²) in [7, 11) is 1.64. The van der Waals surface area contributed by atoms with Gasteiger partial charge in [0.2, 0.25) is 0 Å². The van der Waals surface area contributed by atoms with E-state index in [1.165, 1.54) is 0 Å². The molecule has 0 aliphatic heterocycles. The van der Waals surface area contributed by atoms with Gasteiger partial charge in [0, 0.05) is 7.11 Å². The summed E-state index contributed by atoms with van der Waals surface area (Å²) in [6, 6.07) is 0. The van der Waals surface area contributed by atoms with Crippen molar-refractivity contribution in [2.45, 2.75) is 46.3 Å². The summed E-state index contributed by atoms with van der Waals surface area (Å²) in [6.45, 7) is 13.8. The zero-order chi connectivity index (χ0) is 23.2. The molecule has 0 N–H and O–H groups in total. The molecule has 9 nitrogen and oxygen atoms in total. The molecule has 0 aromatic rings. The number of esters is 1. The van der Waals surface area contributed by atoms with Crippen LogP contribution in [0.2, 0.25) is 0 Å². The van der Waals surface area contributed by atoms with Gasteiger partial charge in [-0.2, -0.15) is 0 Å². The lowest BCUT2D eigenvalue weighted by molar-refractivity contribution is -0.162. The van der Waals surface area contributed by atoms with E-state index in [1.54, 1.807) is 14.0 Å². The van der Waals surface area contributed by atoms with Crippen molar-refractivity contribution < 1.29 is 42.7 Å². The fraction of sp³-hybridized carbons (Fsp3) is 0.955. The topological polar surface area (TPSA) is 90.9 Å². The average Bonchev–Trinajstić information content (AvgIpc) is 2.72. The van der Waals surface area contributed by atoms with Crippen molar-refractivity contribution in [2.24, 2.45) is 5.92 Å². The number of carbonyl (C=O) groups excluding carboxylic acids is 1. The van der Waals surface area contributed by atoms with Crippen molar-refractivity contribution in [3.8, 4) is 0 Å². The van der Waals surface area contributed by atoms with E-state index in [4.69, 9.17) is 37.9 Å². The van der Waals surface area contributed by atoms with Crippen molar-refractivity contribution >= 4 is 5.97 Å². The number of carbonyl (C=O) groups is 1. The minimum absolute atomic E-state index is 0.103. The lowest BCUT2D eigenvalue weighted by Crippen LogP contribution is -2.28. The summed E-state index contributed by atoms with van der Waals surface area (Å²) in [5, 5.41) is 0. The highest BCUT2D eigenvalue weighted by Gasteiger charge is 2.18. The van der Waals surface area contributed by atoms with Gasteiger partial charge in [0.1, 0.15) is 0 Å². The third-order valence-corrected chi connectivity index (χ3v) is 3.97. The molecule has 0 aliphatic rings. The quantitative estimate of drug-likeness (QED) is 0.171. The molecule has 0 rings (SSSR count). The smallest absolute Gasteiger partial charge is 0.335 e. The van der Waals surface area contributed by atoms with Gasteiger partial charge in [0.05, 0.1) is 85.4 Å². The molecule has 0 saturated carbocycles. The summed E-state index contributed by atoms with van der Waals surface area (Å²) in [6.07, 6.45) is 0.138. The summed E-state index contributed by atoms with van der Waals surface area (Å²) in [4.78, 5) is 11.9. The van der Waals surface area contributed by atoms with Gasteiger partial charge >= 0.3 is 5.97 Å². The maximum absolute atomic E-state index is 11.9. The molecule has 0 heterocycles. The third-order valence-electron chi connectivity index (χ3n) is 3.97. The summed E-state index contributed by atoms with van der Waals surface area (Å²) in [5.74, 6) is 0.148. The highest BCUT2D eigenvalue weighted by Crippen LogP contribution is 2.09. The van der Waals surface area contributed by atoms with Crippen LogP contribution < -0.4 is 0 Å². The molecular formula is C22H44O9. The first-order valence-corrected chi connectivity index (χ1v) is 11.2. The first-order chi connectivity index (χ1) is 15.0. The van der Waals surface area contributed by atoms with Crippen LogP contribution in [0.4, 0.5) is 0 Å². The Balaban J connectivity index is 3.30. The Bertz CT molecular complexity index is 393. The van der Waals surface area contributed by atoms with Crippen LogP contribution in [0, 0.1) is 5.92 Å². The lowest BCUT2D eigenvalue weighted by Gasteiger charge is -2.18. The third kappa shape index (κ3) is 22.2. The predicted molar refractivity (Wildman–Crippen MR) is 116 cm³/mol. The average molecular weight is 453 g/mol. The van der Waals surface area contributed by atoms with Crippen LogP contribution in [0.1, 0.15) is 34.1 Å². The molecule has 0 bridgehead atoms. The van der Waals surface area contributed by atoms with Crippen LogP contribution in [0.15, 0.2) is 0 Å². The highest BCUT2D eigenvalue weighted by molar-refractivity contribution is 5.74. The first kappa shape index (κ1) is 30.2. The summed E-state index contributed by atoms with van der Waals surface area (Å²) in [5.41, 5.74) is 0. The van der Waals surface area contributed by atoms with E-state index in [1.807, 2.05) is 6.92 Å². The van der Waals surface area contributed by atoms with E-state index in [2.05, 4.69) is 13.8 Å². The van der Waals surface area contributed by atoms with Gasteiger partial charge in [-0.15, -0.1) is 0 Å². The molecule has 186 valence electrons. The van der Waals surface area contributed by atoms with Gasteiger partial charge in [-0.3, -0.25) is 0 Å². The Morgan fingerprint density at radius 3 is 1.39 bits per heavy atom. The monoisotopic (exact) mass is 452 g/mol. The van der Waals surface area contributed by atoms with Crippen LogP contribution in [-0.2, 0) is 42.7 Å². The number of rotatable bonds is 23. The molecule has 0 spiro atoms. The Hall–Kier alpha value is -0.810. The predicted octanol–water partition coefficient (Wildman–Crippen LogP) is 2.10. The van der Waals surface area contributed by atoms with Gasteiger partial charge in [0.15, 0.2) is 6.10 Å².